The van der Waals surface area contributed by atoms with Crippen LogP contribution in [0.3, 0.4) is 0 Å². The lowest BCUT2D eigenvalue weighted by atomic mass is 9.81. The molecule has 0 saturated heterocycles. The molecule has 0 heterocycles. The van der Waals surface area contributed by atoms with Crippen molar-refractivity contribution in [2.75, 3.05) is 6.61 Å². The Labute approximate surface area is 175 Å². The first-order valence-electron chi connectivity index (χ1n) is 10.8. The zero-order valence-corrected chi connectivity index (χ0v) is 18.5. The third kappa shape index (κ3) is 10.9. The summed E-state index contributed by atoms with van der Waals surface area (Å²) in [6, 6.07) is -0.664. The molecule has 0 aromatic carbocycles. The highest BCUT2D eigenvalue weighted by Gasteiger charge is 2.37. The van der Waals surface area contributed by atoms with E-state index in [4.69, 9.17) is 10.3 Å². The first-order valence-corrected chi connectivity index (χ1v) is 10.8. The van der Waals surface area contributed by atoms with E-state index in [0.29, 0.717) is 12.8 Å². The van der Waals surface area contributed by atoms with E-state index in [1.807, 2.05) is 20.8 Å². The molecule has 0 aliphatic carbocycles. The van der Waals surface area contributed by atoms with Gasteiger partial charge in [-0.2, -0.15) is 0 Å². The molecule has 0 spiro atoms. The monoisotopic (exact) mass is 418 g/mol. The second-order valence-corrected chi connectivity index (χ2v) is 8.87. The van der Waals surface area contributed by atoms with Crippen molar-refractivity contribution >= 4 is 11.8 Å². The smallest absolute Gasteiger partial charge is 0.272 e. The second kappa shape index (κ2) is 14.7. The van der Waals surface area contributed by atoms with Crippen molar-refractivity contribution < 1.29 is 30.1 Å². The van der Waals surface area contributed by atoms with Crippen LogP contribution in [-0.4, -0.2) is 57.2 Å². The maximum absolute atomic E-state index is 12.9. The Bertz CT molecular complexity index is 467. The largest absolute Gasteiger partial charge is 0.396 e. The standard InChI is InChI=1S/C21H42N2O6/c1-5-6-7-8-9-10-11-12-15(17(26)20(28)23-29)19(27)22-18(21(2,3)4)16(25)13-14-24/h15-18,24-26,29H,5-14H2,1-4H3,(H,22,27)(H,23,28)/t15-,16-,17+,18-/m1/s1. The van der Waals surface area contributed by atoms with Gasteiger partial charge in [0.1, 0.15) is 6.10 Å². The number of hydroxylamine groups is 1. The SMILES string of the molecule is CCCCCCCCC[C@@H](C(=O)N[C@H]([C@H](O)CCO)C(C)(C)C)[C@H](O)C(=O)NO. The molecule has 0 unspecified atom stereocenters. The van der Waals surface area contributed by atoms with E-state index in [2.05, 4.69) is 12.2 Å². The summed E-state index contributed by atoms with van der Waals surface area (Å²) in [5, 5.41) is 41.3. The average molecular weight is 419 g/mol. The Hall–Kier alpha value is -1.22. The van der Waals surface area contributed by atoms with Crippen LogP contribution in [0.15, 0.2) is 0 Å². The number of hydrogen-bond acceptors (Lipinski definition) is 6. The van der Waals surface area contributed by atoms with Crippen LogP contribution in [0.1, 0.15) is 85.5 Å². The van der Waals surface area contributed by atoms with Gasteiger partial charge in [0, 0.05) is 6.61 Å². The number of hydrogen-bond donors (Lipinski definition) is 6. The van der Waals surface area contributed by atoms with Crippen LogP contribution in [0.25, 0.3) is 0 Å². The van der Waals surface area contributed by atoms with Gasteiger partial charge < -0.3 is 20.6 Å². The van der Waals surface area contributed by atoms with Gasteiger partial charge in [-0.15, -0.1) is 0 Å². The molecule has 4 atom stereocenters. The molecule has 0 aromatic heterocycles. The lowest BCUT2D eigenvalue weighted by molar-refractivity contribution is -0.147. The first kappa shape index (κ1) is 27.8. The summed E-state index contributed by atoms with van der Waals surface area (Å²) in [5.74, 6) is -2.62. The molecule has 8 nitrogen and oxygen atoms in total. The maximum atomic E-state index is 12.9. The van der Waals surface area contributed by atoms with Crippen molar-refractivity contribution in [3.63, 3.8) is 0 Å². The molecular weight excluding hydrogens is 376 g/mol. The van der Waals surface area contributed by atoms with Gasteiger partial charge in [-0.3, -0.25) is 14.8 Å². The van der Waals surface area contributed by atoms with E-state index < -0.39 is 41.4 Å². The van der Waals surface area contributed by atoms with Crippen LogP contribution in [0, 0.1) is 11.3 Å². The number of nitrogens with one attached hydrogen (secondary N) is 2. The molecule has 8 heteroatoms. The predicted molar refractivity (Wildman–Crippen MR) is 111 cm³/mol. The summed E-state index contributed by atoms with van der Waals surface area (Å²) in [4.78, 5) is 24.6. The fourth-order valence-corrected chi connectivity index (χ4v) is 3.45. The lowest BCUT2D eigenvalue weighted by Gasteiger charge is -2.36. The number of amides is 2. The topological polar surface area (TPSA) is 139 Å². The number of carbonyl (C=O) groups excluding carboxylic acids is 2. The molecule has 29 heavy (non-hydrogen) atoms. The van der Waals surface area contributed by atoms with Crippen molar-refractivity contribution in [1.82, 2.24) is 10.8 Å². The highest BCUT2D eigenvalue weighted by molar-refractivity contribution is 5.88. The Morgan fingerprint density at radius 3 is 1.93 bits per heavy atom. The minimum atomic E-state index is -1.68. The summed E-state index contributed by atoms with van der Waals surface area (Å²) in [7, 11) is 0. The zero-order chi connectivity index (χ0) is 22.4. The molecule has 0 rings (SSSR count). The van der Waals surface area contributed by atoms with Crippen LogP contribution >= 0.6 is 0 Å². The molecule has 0 bridgehead atoms. The van der Waals surface area contributed by atoms with Crippen molar-refractivity contribution in [2.45, 2.75) is 104 Å². The van der Waals surface area contributed by atoms with Crippen molar-refractivity contribution in [3.05, 3.63) is 0 Å². The summed E-state index contributed by atoms with van der Waals surface area (Å²) < 4.78 is 0. The average Bonchev–Trinajstić information content (AvgIpc) is 2.66. The van der Waals surface area contributed by atoms with Gasteiger partial charge in [0.2, 0.25) is 5.91 Å². The zero-order valence-electron chi connectivity index (χ0n) is 18.5. The van der Waals surface area contributed by atoms with Crippen LogP contribution < -0.4 is 10.8 Å². The normalized spacial score (nSPS) is 16.0. The quantitative estimate of drug-likeness (QED) is 0.136. The van der Waals surface area contributed by atoms with Crippen molar-refractivity contribution in [1.29, 1.82) is 0 Å². The highest BCUT2D eigenvalue weighted by atomic mass is 16.5. The Balaban J connectivity index is 5.04. The number of aliphatic hydroxyl groups is 3. The van der Waals surface area contributed by atoms with Gasteiger partial charge in [-0.25, -0.2) is 5.48 Å². The molecule has 0 aliphatic rings. The molecule has 0 saturated carbocycles. The molecule has 2 amide bonds. The fraction of sp³-hybridized carbons (Fsp3) is 0.905. The van der Waals surface area contributed by atoms with Gasteiger partial charge in [0.25, 0.3) is 5.91 Å². The highest BCUT2D eigenvalue weighted by Crippen LogP contribution is 2.25. The van der Waals surface area contributed by atoms with E-state index in [9.17, 15) is 19.8 Å². The summed E-state index contributed by atoms with van der Waals surface area (Å²) in [6.45, 7) is 7.47. The van der Waals surface area contributed by atoms with E-state index in [0.717, 1.165) is 19.3 Å². The molecule has 172 valence electrons. The van der Waals surface area contributed by atoms with Gasteiger partial charge in [-0.05, 0) is 18.3 Å². The van der Waals surface area contributed by atoms with E-state index in [1.165, 1.54) is 24.7 Å². The van der Waals surface area contributed by atoms with Crippen molar-refractivity contribution in [2.24, 2.45) is 11.3 Å². The lowest BCUT2D eigenvalue weighted by Crippen LogP contribution is -2.55. The number of carbonyl (C=O) groups is 2. The summed E-state index contributed by atoms with van der Waals surface area (Å²) in [5.41, 5.74) is 0.898. The van der Waals surface area contributed by atoms with Gasteiger partial charge in [-0.1, -0.05) is 72.6 Å². The number of aliphatic hydroxyl groups excluding tert-OH is 3. The number of unbranched alkanes of at least 4 members (excludes halogenated alkanes) is 6. The van der Waals surface area contributed by atoms with Crippen molar-refractivity contribution in [3.8, 4) is 0 Å². The fourth-order valence-electron chi connectivity index (χ4n) is 3.45. The predicted octanol–water partition coefficient (Wildman–Crippen LogP) is 1.88. The van der Waals surface area contributed by atoms with E-state index in [1.54, 1.807) is 0 Å². The number of rotatable bonds is 15. The van der Waals surface area contributed by atoms with Crippen LogP contribution in [0.4, 0.5) is 0 Å². The Morgan fingerprint density at radius 2 is 1.45 bits per heavy atom. The summed E-state index contributed by atoms with van der Waals surface area (Å²) in [6.07, 6.45) is 4.98. The molecule has 0 fully saturated rings. The summed E-state index contributed by atoms with van der Waals surface area (Å²) >= 11 is 0. The minimum absolute atomic E-state index is 0.102. The van der Waals surface area contributed by atoms with Crippen LogP contribution in [-0.2, 0) is 9.59 Å². The minimum Gasteiger partial charge on any atom is -0.396 e. The van der Waals surface area contributed by atoms with Gasteiger partial charge >= 0.3 is 0 Å². The third-order valence-electron chi connectivity index (χ3n) is 5.26. The van der Waals surface area contributed by atoms with Gasteiger partial charge in [0.05, 0.1) is 18.1 Å². The molecule has 0 aromatic rings. The Kier molecular flexibility index (Phi) is 14.1. The Morgan fingerprint density at radius 1 is 0.897 bits per heavy atom. The van der Waals surface area contributed by atoms with E-state index in [-0.39, 0.29) is 13.0 Å². The molecule has 6 N–H and O–H groups in total. The van der Waals surface area contributed by atoms with Crippen LogP contribution in [0.2, 0.25) is 0 Å². The second-order valence-electron chi connectivity index (χ2n) is 8.87. The molecular formula is C21H42N2O6. The molecule has 0 radical (unpaired) electrons. The van der Waals surface area contributed by atoms with E-state index >= 15 is 0 Å². The molecule has 0 aliphatic heterocycles. The first-order chi connectivity index (χ1) is 13.6. The van der Waals surface area contributed by atoms with Gasteiger partial charge in [0.15, 0.2) is 0 Å². The third-order valence-corrected chi connectivity index (χ3v) is 5.26. The van der Waals surface area contributed by atoms with Crippen LogP contribution in [0.5, 0.6) is 0 Å². The maximum Gasteiger partial charge on any atom is 0.272 e.